The van der Waals surface area contributed by atoms with Gasteiger partial charge in [-0.15, -0.1) is 5.10 Å². The normalized spacial score (nSPS) is 10.7. The van der Waals surface area contributed by atoms with E-state index >= 15 is 0 Å². The standard InChI is InChI=1S/C13H9ClFN5/c14-9-3-6-11(15)12(7-9)20-13(17-18-19-20)8-1-4-10(16)5-2-8/h1-7H,16H2. The first-order valence-corrected chi connectivity index (χ1v) is 6.12. The van der Waals surface area contributed by atoms with Crippen molar-refractivity contribution in [2.75, 3.05) is 5.73 Å². The summed E-state index contributed by atoms with van der Waals surface area (Å²) < 4.78 is 15.2. The van der Waals surface area contributed by atoms with Gasteiger partial charge in [-0.3, -0.25) is 0 Å². The van der Waals surface area contributed by atoms with Crippen molar-refractivity contribution in [1.82, 2.24) is 20.2 Å². The molecule has 1 heterocycles. The van der Waals surface area contributed by atoms with E-state index in [1.165, 1.54) is 22.9 Å². The third kappa shape index (κ3) is 2.21. The molecule has 0 unspecified atom stereocenters. The van der Waals surface area contributed by atoms with E-state index in [1.54, 1.807) is 24.3 Å². The molecular formula is C13H9ClFN5. The van der Waals surface area contributed by atoms with Gasteiger partial charge in [-0.25, -0.2) is 4.39 Å². The van der Waals surface area contributed by atoms with Crippen LogP contribution in [0.25, 0.3) is 17.1 Å². The third-order valence-electron chi connectivity index (χ3n) is 2.77. The molecule has 2 N–H and O–H groups in total. The van der Waals surface area contributed by atoms with E-state index in [2.05, 4.69) is 15.5 Å². The smallest absolute Gasteiger partial charge is 0.187 e. The van der Waals surface area contributed by atoms with Gasteiger partial charge in [0.15, 0.2) is 5.82 Å². The summed E-state index contributed by atoms with van der Waals surface area (Å²) in [5.41, 5.74) is 7.18. The van der Waals surface area contributed by atoms with Crippen molar-refractivity contribution >= 4 is 17.3 Å². The molecule has 100 valence electrons. The Morgan fingerprint density at radius 2 is 1.85 bits per heavy atom. The fraction of sp³-hybridized carbons (Fsp3) is 0. The Morgan fingerprint density at radius 3 is 2.60 bits per heavy atom. The fourth-order valence-electron chi connectivity index (χ4n) is 1.81. The van der Waals surface area contributed by atoms with Crippen molar-refractivity contribution in [3.8, 4) is 17.1 Å². The molecule has 0 spiro atoms. The van der Waals surface area contributed by atoms with Crippen LogP contribution in [0, 0.1) is 5.82 Å². The first kappa shape index (κ1) is 12.6. The van der Waals surface area contributed by atoms with Crippen molar-refractivity contribution in [2.24, 2.45) is 0 Å². The number of nitrogens with zero attached hydrogens (tertiary/aromatic N) is 4. The molecule has 0 aliphatic rings. The second-order valence-corrected chi connectivity index (χ2v) is 4.57. The van der Waals surface area contributed by atoms with E-state index in [0.29, 0.717) is 16.5 Å². The average Bonchev–Trinajstić information content (AvgIpc) is 2.91. The first-order valence-electron chi connectivity index (χ1n) is 5.75. The lowest BCUT2D eigenvalue weighted by molar-refractivity contribution is 0.608. The van der Waals surface area contributed by atoms with Crippen molar-refractivity contribution in [3.05, 3.63) is 53.3 Å². The van der Waals surface area contributed by atoms with Gasteiger partial charge in [0.05, 0.1) is 0 Å². The molecule has 1 aromatic heterocycles. The first-order chi connectivity index (χ1) is 9.65. The summed E-state index contributed by atoms with van der Waals surface area (Å²) in [4.78, 5) is 0. The molecule has 0 aliphatic heterocycles. The number of anilines is 1. The lowest BCUT2D eigenvalue weighted by atomic mass is 10.2. The number of nitrogens with two attached hydrogens (primary N) is 1. The number of halogens is 2. The van der Waals surface area contributed by atoms with Gasteiger partial charge in [-0.2, -0.15) is 4.68 Å². The number of hydrogen-bond acceptors (Lipinski definition) is 4. The fourth-order valence-corrected chi connectivity index (χ4v) is 1.98. The molecule has 5 nitrogen and oxygen atoms in total. The van der Waals surface area contributed by atoms with E-state index in [4.69, 9.17) is 17.3 Å². The molecule has 0 saturated carbocycles. The molecule has 7 heteroatoms. The molecule has 0 atom stereocenters. The Kier molecular flexibility index (Phi) is 3.08. The molecule has 20 heavy (non-hydrogen) atoms. The summed E-state index contributed by atoms with van der Waals surface area (Å²) in [5, 5.41) is 11.7. The highest BCUT2D eigenvalue weighted by atomic mass is 35.5. The Balaban J connectivity index is 2.15. The van der Waals surface area contributed by atoms with Crippen LogP contribution in [-0.2, 0) is 0 Å². The van der Waals surface area contributed by atoms with Crippen LogP contribution in [0.15, 0.2) is 42.5 Å². The zero-order valence-corrected chi connectivity index (χ0v) is 10.9. The minimum Gasteiger partial charge on any atom is -0.399 e. The number of aromatic nitrogens is 4. The van der Waals surface area contributed by atoms with Gasteiger partial charge in [-0.05, 0) is 52.9 Å². The highest BCUT2D eigenvalue weighted by molar-refractivity contribution is 6.30. The van der Waals surface area contributed by atoms with Gasteiger partial charge in [0.1, 0.15) is 11.5 Å². The Bertz CT molecular complexity index is 754. The van der Waals surface area contributed by atoms with Crippen molar-refractivity contribution in [3.63, 3.8) is 0 Å². The van der Waals surface area contributed by atoms with Gasteiger partial charge >= 0.3 is 0 Å². The van der Waals surface area contributed by atoms with E-state index in [-0.39, 0.29) is 5.69 Å². The number of hydrogen-bond donors (Lipinski definition) is 1. The highest BCUT2D eigenvalue weighted by Crippen LogP contribution is 2.24. The summed E-state index contributed by atoms with van der Waals surface area (Å²) in [6.45, 7) is 0. The van der Waals surface area contributed by atoms with Gasteiger partial charge in [-0.1, -0.05) is 11.6 Å². The summed E-state index contributed by atoms with van der Waals surface area (Å²) >= 11 is 5.89. The van der Waals surface area contributed by atoms with Gasteiger partial charge in [0.25, 0.3) is 0 Å². The van der Waals surface area contributed by atoms with E-state index in [0.717, 1.165) is 5.56 Å². The quantitative estimate of drug-likeness (QED) is 0.736. The summed E-state index contributed by atoms with van der Waals surface area (Å²) in [6, 6.07) is 11.2. The number of tetrazole rings is 1. The molecule has 0 saturated heterocycles. The molecule has 0 radical (unpaired) electrons. The Hall–Kier alpha value is -2.47. The monoisotopic (exact) mass is 289 g/mol. The maximum absolute atomic E-state index is 13.9. The van der Waals surface area contributed by atoms with Crippen LogP contribution in [0.3, 0.4) is 0 Å². The van der Waals surface area contributed by atoms with Crippen molar-refractivity contribution < 1.29 is 4.39 Å². The molecule has 3 aromatic rings. The van der Waals surface area contributed by atoms with Crippen molar-refractivity contribution in [2.45, 2.75) is 0 Å². The van der Waals surface area contributed by atoms with Crippen LogP contribution in [0.4, 0.5) is 10.1 Å². The van der Waals surface area contributed by atoms with Crippen molar-refractivity contribution in [1.29, 1.82) is 0 Å². The van der Waals surface area contributed by atoms with Crippen LogP contribution in [0.2, 0.25) is 5.02 Å². The average molecular weight is 290 g/mol. The minimum atomic E-state index is -0.460. The molecule has 0 fully saturated rings. The molecular weight excluding hydrogens is 281 g/mol. The predicted molar refractivity (Wildman–Crippen MR) is 74.0 cm³/mol. The highest BCUT2D eigenvalue weighted by Gasteiger charge is 2.14. The molecule has 0 bridgehead atoms. The lowest BCUT2D eigenvalue weighted by Gasteiger charge is -2.06. The number of rotatable bonds is 2. The van der Waals surface area contributed by atoms with Crippen LogP contribution in [0.5, 0.6) is 0 Å². The van der Waals surface area contributed by atoms with E-state index < -0.39 is 5.82 Å². The van der Waals surface area contributed by atoms with Crippen LogP contribution < -0.4 is 5.73 Å². The van der Waals surface area contributed by atoms with Gasteiger partial charge < -0.3 is 5.73 Å². The molecule has 3 rings (SSSR count). The predicted octanol–water partition coefficient (Wildman–Crippen LogP) is 2.70. The molecule has 0 aliphatic carbocycles. The van der Waals surface area contributed by atoms with Gasteiger partial charge in [0.2, 0.25) is 0 Å². The minimum absolute atomic E-state index is 0.189. The maximum Gasteiger partial charge on any atom is 0.187 e. The van der Waals surface area contributed by atoms with Crippen LogP contribution in [0.1, 0.15) is 0 Å². The lowest BCUT2D eigenvalue weighted by Crippen LogP contribution is -2.02. The maximum atomic E-state index is 13.9. The summed E-state index contributed by atoms with van der Waals surface area (Å²) in [5.74, 6) is -0.0513. The summed E-state index contributed by atoms with van der Waals surface area (Å²) in [6.07, 6.45) is 0. The topological polar surface area (TPSA) is 69.6 Å². The number of nitrogen functional groups attached to an aromatic ring is 1. The summed E-state index contributed by atoms with van der Waals surface area (Å²) in [7, 11) is 0. The van der Waals surface area contributed by atoms with Crippen LogP contribution >= 0.6 is 11.6 Å². The Labute approximate surface area is 118 Å². The molecule has 2 aromatic carbocycles. The molecule has 0 amide bonds. The second kappa shape index (κ2) is 4.90. The van der Waals surface area contributed by atoms with Crippen LogP contribution in [-0.4, -0.2) is 20.2 Å². The third-order valence-corrected chi connectivity index (χ3v) is 3.01. The number of benzene rings is 2. The SMILES string of the molecule is Nc1ccc(-c2nnnn2-c2cc(Cl)ccc2F)cc1. The van der Waals surface area contributed by atoms with E-state index in [1.807, 2.05) is 0 Å². The zero-order chi connectivity index (χ0) is 14.1. The van der Waals surface area contributed by atoms with Gasteiger partial charge in [0, 0.05) is 16.3 Å². The second-order valence-electron chi connectivity index (χ2n) is 4.13. The Morgan fingerprint density at radius 1 is 1.10 bits per heavy atom. The largest absolute Gasteiger partial charge is 0.399 e. The van der Waals surface area contributed by atoms with E-state index in [9.17, 15) is 4.39 Å². The zero-order valence-electron chi connectivity index (χ0n) is 10.2.